The highest BCUT2D eigenvalue weighted by molar-refractivity contribution is 14.1. The monoisotopic (exact) mass is 523 g/mol. The molecule has 1 aromatic carbocycles. The number of fused-ring (bicyclic) bond motifs is 1. The molecule has 1 N–H and O–H groups in total. The van der Waals surface area contributed by atoms with Crippen molar-refractivity contribution >= 4 is 45.3 Å². The van der Waals surface area contributed by atoms with E-state index >= 15 is 0 Å². The molecule has 5 nitrogen and oxygen atoms in total. The van der Waals surface area contributed by atoms with E-state index in [9.17, 15) is 18.0 Å². The highest BCUT2D eigenvalue weighted by Gasteiger charge is 2.30. The first kappa shape index (κ1) is 22.0. The van der Waals surface area contributed by atoms with Gasteiger partial charge in [0.2, 0.25) is 0 Å². The summed E-state index contributed by atoms with van der Waals surface area (Å²) in [6.45, 7) is 5.60. The van der Waals surface area contributed by atoms with Gasteiger partial charge in [-0.1, -0.05) is 6.07 Å². The number of aromatic nitrogens is 1. The van der Waals surface area contributed by atoms with Gasteiger partial charge in [-0.25, -0.2) is 4.79 Å². The highest BCUT2D eigenvalue weighted by atomic mass is 127. The Balaban J connectivity index is 1.78. The van der Waals surface area contributed by atoms with Crippen molar-refractivity contribution in [3.05, 3.63) is 28.0 Å². The number of nitrogens with zero attached hydrogens (tertiary/aromatic N) is 2. The van der Waals surface area contributed by atoms with Crippen molar-refractivity contribution in [1.29, 1.82) is 0 Å². The van der Waals surface area contributed by atoms with E-state index in [1.165, 1.54) is 4.57 Å². The summed E-state index contributed by atoms with van der Waals surface area (Å²) in [5, 5.41) is 4.17. The number of carbonyl (C=O) groups excluding carboxylic acids is 1. The number of ether oxygens (including phenoxy) is 1. The van der Waals surface area contributed by atoms with E-state index in [0.717, 1.165) is 23.9 Å². The van der Waals surface area contributed by atoms with Gasteiger partial charge in [-0.3, -0.25) is 0 Å². The van der Waals surface area contributed by atoms with Crippen molar-refractivity contribution < 1.29 is 22.7 Å². The minimum atomic E-state index is -4.29. The first-order valence-electron chi connectivity index (χ1n) is 9.52. The van der Waals surface area contributed by atoms with Gasteiger partial charge in [0.25, 0.3) is 0 Å². The van der Waals surface area contributed by atoms with E-state index < -0.39 is 18.3 Å². The van der Waals surface area contributed by atoms with Crippen LogP contribution in [0.4, 0.5) is 23.7 Å². The van der Waals surface area contributed by atoms with Gasteiger partial charge in [0.05, 0.1) is 9.22 Å². The van der Waals surface area contributed by atoms with Crippen LogP contribution in [0.15, 0.2) is 24.3 Å². The van der Waals surface area contributed by atoms with Crippen molar-refractivity contribution in [2.24, 2.45) is 0 Å². The predicted octanol–water partition coefficient (Wildman–Crippen LogP) is 5.62. The van der Waals surface area contributed by atoms with Gasteiger partial charge in [0, 0.05) is 30.2 Å². The number of halogens is 4. The maximum absolute atomic E-state index is 12.9. The van der Waals surface area contributed by atoms with Crippen LogP contribution >= 0.6 is 22.6 Å². The molecule has 1 aliphatic rings. The minimum absolute atomic E-state index is 0.00509. The zero-order valence-electron chi connectivity index (χ0n) is 16.6. The molecule has 160 valence electrons. The quantitative estimate of drug-likeness (QED) is 0.532. The number of alkyl halides is 3. The maximum Gasteiger partial charge on any atom is 0.410 e. The first-order valence-corrected chi connectivity index (χ1v) is 10.6. The van der Waals surface area contributed by atoms with Gasteiger partial charge in [-0.15, -0.1) is 0 Å². The number of amides is 1. The SMILES string of the molecule is CC(C)(C)OC(=O)N1CCCC(Nc2cccc3c2cc(I)n3CC(F)(F)F)C1. The average Bonchev–Trinajstić information content (AvgIpc) is 2.89. The van der Waals surface area contributed by atoms with Crippen molar-refractivity contribution in [3.8, 4) is 0 Å². The number of hydrogen-bond donors (Lipinski definition) is 1. The molecule has 3 rings (SSSR count). The van der Waals surface area contributed by atoms with E-state index in [2.05, 4.69) is 5.32 Å². The van der Waals surface area contributed by atoms with E-state index in [1.807, 2.05) is 49.4 Å². The third kappa shape index (κ3) is 5.70. The molecular formula is C20H25F3IN3O2. The van der Waals surface area contributed by atoms with Gasteiger partial charge >= 0.3 is 12.3 Å². The van der Waals surface area contributed by atoms with Crippen LogP contribution in [0.5, 0.6) is 0 Å². The Bertz CT molecular complexity index is 889. The molecule has 1 atom stereocenters. The smallest absolute Gasteiger partial charge is 0.410 e. The molecule has 29 heavy (non-hydrogen) atoms. The molecule has 0 saturated carbocycles. The topological polar surface area (TPSA) is 46.5 Å². The molecule has 9 heteroatoms. The van der Waals surface area contributed by atoms with Crippen LogP contribution in [0, 0.1) is 3.70 Å². The Morgan fingerprint density at radius 3 is 2.69 bits per heavy atom. The lowest BCUT2D eigenvalue weighted by atomic mass is 10.1. The zero-order chi connectivity index (χ0) is 21.4. The van der Waals surface area contributed by atoms with Crippen LogP contribution in [-0.4, -0.2) is 46.5 Å². The molecule has 0 aliphatic carbocycles. The third-order valence-electron chi connectivity index (χ3n) is 4.67. The second kappa shape index (κ2) is 8.23. The summed E-state index contributed by atoms with van der Waals surface area (Å²) in [5.74, 6) is 0. The number of rotatable bonds is 3. The Labute approximate surface area is 181 Å². The normalized spacial score (nSPS) is 18.2. The van der Waals surface area contributed by atoms with E-state index in [-0.39, 0.29) is 12.1 Å². The molecule has 1 aromatic heterocycles. The van der Waals surface area contributed by atoms with Crippen LogP contribution < -0.4 is 5.32 Å². The number of piperidine rings is 1. The summed E-state index contributed by atoms with van der Waals surface area (Å²) in [7, 11) is 0. The number of hydrogen-bond acceptors (Lipinski definition) is 3. The van der Waals surface area contributed by atoms with Crippen molar-refractivity contribution in [2.45, 2.75) is 58.0 Å². The number of anilines is 1. The molecule has 1 saturated heterocycles. The van der Waals surface area contributed by atoms with Gasteiger partial charge in [0.1, 0.15) is 12.1 Å². The molecule has 0 radical (unpaired) electrons. The molecule has 2 heterocycles. The Hall–Kier alpha value is -1.65. The van der Waals surface area contributed by atoms with E-state index in [4.69, 9.17) is 4.74 Å². The zero-order valence-corrected chi connectivity index (χ0v) is 18.8. The molecule has 2 aromatic rings. The van der Waals surface area contributed by atoms with E-state index in [0.29, 0.717) is 22.3 Å². The molecule has 1 aliphatic heterocycles. The van der Waals surface area contributed by atoms with Crippen molar-refractivity contribution in [3.63, 3.8) is 0 Å². The summed E-state index contributed by atoms with van der Waals surface area (Å²) in [6, 6.07) is 7.08. The second-order valence-electron chi connectivity index (χ2n) is 8.32. The fourth-order valence-electron chi connectivity index (χ4n) is 3.53. The average molecular weight is 523 g/mol. The third-order valence-corrected chi connectivity index (χ3v) is 5.56. The molecule has 1 unspecified atom stereocenters. The lowest BCUT2D eigenvalue weighted by molar-refractivity contribution is -0.140. The lowest BCUT2D eigenvalue weighted by Gasteiger charge is -2.35. The fraction of sp³-hybridized carbons (Fsp3) is 0.550. The molecule has 1 fully saturated rings. The summed E-state index contributed by atoms with van der Waals surface area (Å²) in [4.78, 5) is 14.1. The Morgan fingerprint density at radius 1 is 1.31 bits per heavy atom. The maximum atomic E-state index is 12.9. The molecule has 1 amide bonds. The number of likely N-dealkylation sites (tertiary alicyclic amines) is 1. The number of benzene rings is 1. The highest BCUT2D eigenvalue weighted by Crippen LogP contribution is 2.32. The van der Waals surface area contributed by atoms with E-state index in [1.54, 1.807) is 23.1 Å². The van der Waals surface area contributed by atoms with Gasteiger partial charge in [-0.2, -0.15) is 13.2 Å². The second-order valence-corrected chi connectivity index (χ2v) is 9.42. The van der Waals surface area contributed by atoms with Gasteiger partial charge in [-0.05, 0) is 74.4 Å². The largest absolute Gasteiger partial charge is 0.444 e. The Morgan fingerprint density at radius 2 is 2.03 bits per heavy atom. The molecular weight excluding hydrogens is 498 g/mol. The van der Waals surface area contributed by atoms with Crippen LogP contribution in [0.3, 0.4) is 0 Å². The number of nitrogens with one attached hydrogen (secondary N) is 1. The summed E-state index contributed by atoms with van der Waals surface area (Å²) < 4.78 is 46.1. The first-order chi connectivity index (χ1) is 13.4. The van der Waals surface area contributed by atoms with Crippen molar-refractivity contribution in [1.82, 2.24) is 9.47 Å². The predicted molar refractivity (Wildman–Crippen MR) is 115 cm³/mol. The van der Waals surface area contributed by atoms with Crippen molar-refractivity contribution in [2.75, 3.05) is 18.4 Å². The summed E-state index contributed by atoms with van der Waals surface area (Å²) in [5.41, 5.74) is 0.759. The van der Waals surface area contributed by atoms with Crippen LogP contribution in [0.1, 0.15) is 33.6 Å². The molecule has 0 bridgehead atoms. The molecule has 0 spiro atoms. The fourth-order valence-corrected chi connectivity index (χ4v) is 4.27. The van der Waals surface area contributed by atoms with Crippen LogP contribution in [0.2, 0.25) is 0 Å². The standard InChI is InChI=1S/C20H25F3IN3O2/c1-19(2,3)29-18(28)26-9-5-6-13(11-26)25-15-7-4-8-16-14(15)10-17(24)27(16)12-20(21,22)23/h4,7-8,10,13,25H,5-6,9,11-12H2,1-3H3. The minimum Gasteiger partial charge on any atom is -0.444 e. The Kier molecular flexibility index (Phi) is 6.26. The van der Waals surface area contributed by atoms with Crippen LogP contribution in [0.25, 0.3) is 10.9 Å². The lowest BCUT2D eigenvalue weighted by Crippen LogP contribution is -2.47. The van der Waals surface area contributed by atoms with Crippen LogP contribution in [-0.2, 0) is 11.3 Å². The summed E-state index contributed by atoms with van der Waals surface area (Å²) >= 11 is 1.93. The summed E-state index contributed by atoms with van der Waals surface area (Å²) in [6.07, 6.45) is -2.92. The van der Waals surface area contributed by atoms with Gasteiger partial charge < -0.3 is 19.5 Å². The van der Waals surface area contributed by atoms with Gasteiger partial charge in [0.15, 0.2) is 0 Å². The number of carbonyl (C=O) groups is 1.